The molecule has 1 amide bonds. The fourth-order valence-corrected chi connectivity index (χ4v) is 1.79. The average Bonchev–Trinajstić information content (AvgIpc) is 2.29. The van der Waals surface area contributed by atoms with Crippen LogP contribution in [0.4, 0.5) is 0 Å². The second-order valence-electron chi connectivity index (χ2n) is 5.91. The highest BCUT2D eigenvalue weighted by Gasteiger charge is 2.08. The molecule has 0 aliphatic rings. The van der Waals surface area contributed by atoms with Crippen LogP contribution in [-0.4, -0.2) is 12.5 Å². The molecule has 0 aliphatic carbocycles. The third kappa shape index (κ3) is 9.26. The van der Waals surface area contributed by atoms with E-state index in [-0.39, 0.29) is 5.91 Å². The lowest BCUT2D eigenvalue weighted by Crippen LogP contribution is -2.28. The average molecular weight is 253 g/mol. The van der Waals surface area contributed by atoms with Crippen LogP contribution in [0.15, 0.2) is 11.6 Å². The standard InChI is InChI=1S/C16H31NO/c1-6-9-15(11-8-7-10-13(2)3)16(18)17-12-14(4)5/h11,13-14H,6-10,12H2,1-5H3,(H,17,18). The van der Waals surface area contributed by atoms with Crippen molar-refractivity contribution in [3.05, 3.63) is 11.6 Å². The summed E-state index contributed by atoms with van der Waals surface area (Å²) in [6.07, 6.45) is 7.52. The quantitative estimate of drug-likeness (QED) is 0.481. The van der Waals surface area contributed by atoms with E-state index in [1.807, 2.05) is 0 Å². The van der Waals surface area contributed by atoms with Crippen molar-refractivity contribution in [3.63, 3.8) is 0 Å². The summed E-state index contributed by atoms with van der Waals surface area (Å²) in [5.74, 6) is 1.40. The Kier molecular flexibility index (Phi) is 9.72. The van der Waals surface area contributed by atoms with E-state index in [1.165, 1.54) is 12.8 Å². The van der Waals surface area contributed by atoms with Crippen molar-refractivity contribution in [1.29, 1.82) is 0 Å². The van der Waals surface area contributed by atoms with Crippen LogP contribution in [0.5, 0.6) is 0 Å². The summed E-state index contributed by atoms with van der Waals surface area (Å²) in [4.78, 5) is 12.0. The van der Waals surface area contributed by atoms with Gasteiger partial charge in [-0.3, -0.25) is 4.79 Å². The summed E-state index contributed by atoms with van der Waals surface area (Å²) in [6, 6.07) is 0. The maximum Gasteiger partial charge on any atom is 0.246 e. The van der Waals surface area contributed by atoms with E-state index in [1.54, 1.807) is 0 Å². The maximum absolute atomic E-state index is 12.0. The Bertz CT molecular complexity index is 254. The number of carbonyl (C=O) groups is 1. The van der Waals surface area contributed by atoms with Gasteiger partial charge in [-0.2, -0.15) is 0 Å². The molecule has 0 aromatic heterocycles. The van der Waals surface area contributed by atoms with E-state index in [2.05, 4.69) is 46.0 Å². The summed E-state index contributed by atoms with van der Waals surface area (Å²) in [6.45, 7) is 11.6. The number of carbonyl (C=O) groups excluding carboxylic acids is 1. The third-order valence-electron chi connectivity index (χ3n) is 2.86. The van der Waals surface area contributed by atoms with Gasteiger partial charge in [-0.15, -0.1) is 0 Å². The summed E-state index contributed by atoms with van der Waals surface area (Å²) in [7, 11) is 0. The SMILES string of the molecule is CCCC(=CCCCC(C)C)C(=O)NCC(C)C. The Morgan fingerprint density at radius 3 is 2.33 bits per heavy atom. The van der Waals surface area contributed by atoms with Crippen LogP contribution in [0.3, 0.4) is 0 Å². The van der Waals surface area contributed by atoms with Gasteiger partial charge in [0.1, 0.15) is 0 Å². The zero-order valence-corrected chi connectivity index (χ0v) is 12.9. The number of unbranched alkanes of at least 4 members (excludes halogenated alkanes) is 1. The fraction of sp³-hybridized carbons (Fsp3) is 0.812. The number of nitrogens with one attached hydrogen (secondary N) is 1. The topological polar surface area (TPSA) is 29.1 Å². The Morgan fingerprint density at radius 1 is 1.17 bits per heavy atom. The second kappa shape index (κ2) is 10.2. The van der Waals surface area contributed by atoms with Crippen molar-refractivity contribution in [1.82, 2.24) is 5.32 Å². The first-order chi connectivity index (χ1) is 8.47. The molecule has 2 nitrogen and oxygen atoms in total. The van der Waals surface area contributed by atoms with Gasteiger partial charge in [0.05, 0.1) is 0 Å². The van der Waals surface area contributed by atoms with Gasteiger partial charge < -0.3 is 5.32 Å². The van der Waals surface area contributed by atoms with Crippen LogP contribution in [-0.2, 0) is 4.79 Å². The fourth-order valence-electron chi connectivity index (χ4n) is 1.79. The Morgan fingerprint density at radius 2 is 1.83 bits per heavy atom. The number of amides is 1. The summed E-state index contributed by atoms with van der Waals surface area (Å²) in [5, 5.41) is 3.01. The van der Waals surface area contributed by atoms with E-state index >= 15 is 0 Å². The highest BCUT2D eigenvalue weighted by Crippen LogP contribution is 2.11. The molecule has 0 aromatic rings. The second-order valence-corrected chi connectivity index (χ2v) is 5.91. The van der Waals surface area contributed by atoms with Crippen LogP contribution in [0.1, 0.15) is 66.7 Å². The molecular weight excluding hydrogens is 222 g/mol. The largest absolute Gasteiger partial charge is 0.352 e. The normalized spacial score (nSPS) is 12.3. The van der Waals surface area contributed by atoms with Gasteiger partial charge in [-0.25, -0.2) is 0 Å². The highest BCUT2D eigenvalue weighted by molar-refractivity contribution is 5.93. The molecule has 0 aliphatic heterocycles. The molecule has 0 unspecified atom stereocenters. The van der Waals surface area contributed by atoms with E-state index in [9.17, 15) is 4.79 Å². The minimum absolute atomic E-state index is 0.134. The Balaban J connectivity index is 4.17. The molecule has 0 aromatic carbocycles. The van der Waals surface area contributed by atoms with Crippen LogP contribution in [0.25, 0.3) is 0 Å². The molecule has 0 heterocycles. The smallest absolute Gasteiger partial charge is 0.246 e. The molecule has 0 rings (SSSR count). The Hall–Kier alpha value is -0.790. The molecule has 2 heteroatoms. The molecule has 0 atom stereocenters. The van der Waals surface area contributed by atoms with Crippen molar-refractivity contribution in [2.45, 2.75) is 66.7 Å². The maximum atomic E-state index is 12.0. The monoisotopic (exact) mass is 253 g/mol. The predicted molar refractivity (Wildman–Crippen MR) is 79.5 cm³/mol. The predicted octanol–water partition coefficient (Wildman–Crippen LogP) is 4.31. The first-order valence-corrected chi connectivity index (χ1v) is 7.44. The minimum atomic E-state index is 0.134. The van der Waals surface area contributed by atoms with Crippen LogP contribution in [0, 0.1) is 11.8 Å². The molecule has 0 radical (unpaired) electrons. The van der Waals surface area contributed by atoms with Gasteiger partial charge in [0.2, 0.25) is 5.91 Å². The van der Waals surface area contributed by atoms with Gasteiger partial charge in [-0.05, 0) is 31.1 Å². The van der Waals surface area contributed by atoms with Crippen LogP contribution < -0.4 is 5.32 Å². The lowest BCUT2D eigenvalue weighted by molar-refractivity contribution is -0.117. The third-order valence-corrected chi connectivity index (χ3v) is 2.86. The van der Waals surface area contributed by atoms with Gasteiger partial charge in [0.25, 0.3) is 0 Å². The first-order valence-electron chi connectivity index (χ1n) is 7.44. The molecule has 0 spiro atoms. The molecule has 18 heavy (non-hydrogen) atoms. The van der Waals surface area contributed by atoms with Crippen molar-refractivity contribution in [2.24, 2.45) is 11.8 Å². The van der Waals surface area contributed by atoms with Crippen molar-refractivity contribution in [3.8, 4) is 0 Å². The number of rotatable bonds is 9. The van der Waals surface area contributed by atoms with Crippen molar-refractivity contribution < 1.29 is 4.79 Å². The molecule has 0 saturated carbocycles. The Labute approximate surface area is 113 Å². The number of hydrogen-bond acceptors (Lipinski definition) is 1. The lowest BCUT2D eigenvalue weighted by atomic mass is 10.0. The van der Waals surface area contributed by atoms with Gasteiger partial charge >= 0.3 is 0 Å². The lowest BCUT2D eigenvalue weighted by Gasteiger charge is -2.10. The number of allylic oxidation sites excluding steroid dienone is 1. The van der Waals surface area contributed by atoms with E-state index in [4.69, 9.17) is 0 Å². The summed E-state index contributed by atoms with van der Waals surface area (Å²) < 4.78 is 0. The van der Waals surface area contributed by atoms with Gasteiger partial charge in [0, 0.05) is 12.1 Å². The summed E-state index contributed by atoms with van der Waals surface area (Å²) >= 11 is 0. The zero-order valence-electron chi connectivity index (χ0n) is 12.9. The zero-order chi connectivity index (χ0) is 14.0. The van der Waals surface area contributed by atoms with E-state index in [0.717, 1.165) is 37.3 Å². The molecule has 0 saturated heterocycles. The first kappa shape index (κ1) is 17.2. The van der Waals surface area contributed by atoms with Crippen LogP contribution in [0.2, 0.25) is 0 Å². The number of hydrogen-bond donors (Lipinski definition) is 1. The molecule has 0 fully saturated rings. The van der Waals surface area contributed by atoms with E-state index in [0.29, 0.717) is 5.92 Å². The molecular formula is C16H31NO. The van der Waals surface area contributed by atoms with E-state index < -0.39 is 0 Å². The molecule has 1 N–H and O–H groups in total. The van der Waals surface area contributed by atoms with Crippen molar-refractivity contribution >= 4 is 5.91 Å². The highest BCUT2D eigenvalue weighted by atomic mass is 16.1. The summed E-state index contributed by atoms with van der Waals surface area (Å²) in [5.41, 5.74) is 0.974. The minimum Gasteiger partial charge on any atom is -0.352 e. The van der Waals surface area contributed by atoms with Crippen LogP contribution >= 0.6 is 0 Å². The van der Waals surface area contributed by atoms with Gasteiger partial charge in [0.15, 0.2) is 0 Å². The van der Waals surface area contributed by atoms with Gasteiger partial charge in [-0.1, -0.05) is 53.5 Å². The van der Waals surface area contributed by atoms with Crippen molar-refractivity contribution in [2.75, 3.05) is 6.54 Å². The molecule has 0 bridgehead atoms. The molecule has 106 valence electrons.